The number of carboxylic acids is 1. The van der Waals surface area contributed by atoms with Crippen molar-refractivity contribution < 1.29 is 86.9 Å². The van der Waals surface area contributed by atoms with Crippen LogP contribution in [-0.2, 0) is 83.1 Å². The van der Waals surface area contributed by atoms with Crippen molar-refractivity contribution in [3.05, 3.63) is 18.2 Å². The minimum Gasteiger partial charge on any atom is -0.480 e. The molecule has 0 aromatic carbocycles. The quantitative estimate of drug-likeness (QED) is 0.0164. The molecule has 1 aromatic heterocycles. The van der Waals surface area contributed by atoms with Crippen molar-refractivity contribution in [2.24, 2.45) is 85.6 Å². The third-order valence-electron chi connectivity index (χ3n) is 18.9. The summed E-state index contributed by atoms with van der Waals surface area (Å²) in [7, 11) is 0. The number of amides is 15. The summed E-state index contributed by atoms with van der Waals surface area (Å²) >= 11 is 1.38. The largest absolute Gasteiger partial charge is 0.480 e. The first-order chi connectivity index (χ1) is 56.2. The van der Waals surface area contributed by atoms with Crippen LogP contribution in [0.4, 0.5) is 0 Å². The lowest BCUT2D eigenvalue weighted by Gasteiger charge is -2.30. The highest BCUT2D eigenvalue weighted by atomic mass is 32.2. The first-order valence-electron chi connectivity index (χ1n) is 40.6. The monoisotopic (exact) mass is 1720 g/mol. The Morgan fingerprint density at radius 3 is 1.27 bits per heavy atom. The number of H-pyrrole nitrogens is 1. The molecule has 43 nitrogen and oxygen atoms in total. The third kappa shape index (κ3) is 41.9. The normalized spacial score (nSPS) is 15.3. The fourth-order valence-electron chi connectivity index (χ4n) is 12.0. The Morgan fingerprint density at radius 2 is 0.833 bits per heavy atom. The number of carbonyl (C=O) groups excluding carboxylic acids is 15. The Morgan fingerprint density at radius 1 is 0.450 bits per heavy atom. The van der Waals surface area contributed by atoms with Gasteiger partial charge >= 0.3 is 5.97 Å². The van der Waals surface area contributed by atoms with Crippen molar-refractivity contribution in [3.63, 3.8) is 0 Å². The number of thioether (sulfide) groups is 1. The lowest BCUT2D eigenvalue weighted by Crippen LogP contribution is -2.63. The van der Waals surface area contributed by atoms with Crippen LogP contribution in [0.2, 0.25) is 0 Å². The summed E-state index contributed by atoms with van der Waals surface area (Å²) < 4.78 is 0. The lowest BCUT2D eigenvalue weighted by molar-refractivity contribution is -0.138. The Balaban J connectivity index is 3.78. The van der Waals surface area contributed by atoms with Gasteiger partial charge in [-0.2, -0.15) is 11.8 Å². The van der Waals surface area contributed by atoms with Crippen LogP contribution >= 0.6 is 11.8 Å². The van der Waals surface area contributed by atoms with E-state index in [1.807, 2.05) is 13.8 Å². The van der Waals surface area contributed by atoms with Crippen molar-refractivity contribution in [3.8, 4) is 0 Å². The van der Waals surface area contributed by atoms with Gasteiger partial charge in [0.1, 0.15) is 85.1 Å². The zero-order chi connectivity index (χ0) is 91.4. The van der Waals surface area contributed by atoms with E-state index in [2.05, 4.69) is 94.4 Å². The number of imidazole rings is 1. The van der Waals surface area contributed by atoms with Crippen LogP contribution in [0.5, 0.6) is 0 Å². The van der Waals surface area contributed by atoms with Gasteiger partial charge in [-0.15, -0.1) is 0 Å². The number of unbranched alkanes of at least 4 members (excludes halogenated alkanes) is 1. The van der Waals surface area contributed by atoms with Crippen LogP contribution in [-0.4, -0.2) is 256 Å². The maximum Gasteiger partial charge on any atom is 0.322 e. The molecule has 0 unspecified atom stereocenters. The SMILES string of the molecule is CC[C@H](C)[C@H](NC(=O)[C@H](CC(N)=O)NC(=O)[C@@H](NC(=O)[C@H](Cc1cnc[nH]1)NC(=O)[C@H](CCCN=C(N)N)NC(=O)[C@@H](NC(=O)[C@H](CCCCN)NC(=O)[C@H](CCCN=C(N)N)NC(=O)[C@H](CC(C)C)NC(=O)[C@@H](N)C(C)C)[C@@H](C)O)C(C)C)C(=O)N[C@@H](CC(C)C)C(=O)N[C@@H](CC(C)C)C(=O)N[C@@H](C)C(=O)N[C@@H](CCSC)C(=O)NCC(=O)O. The van der Waals surface area contributed by atoms with Gasteiger partial charge in [0.15, 0.2) is 11.9 Å². The first-order valence-corrected chi connectivity index (χ1v) is 42.0. The second-order valence-corrected chi connectivity index (χ2v) is 32.8. The van der Waals surface area contributed by atoms with Crippen molar-refractivity contribution >= 4 is 118 Å². The summed E-state index contributed by atoms with van der Waals surface area (Å²) in [5, 5.41) is 56.4. The van der Waals surface area contributed by atoms with E-state index >= 15 is 0 Å². The molecule has 31 N–H and O–H groups in total. The van der Waals surface area contributed by atoms with Gasteiger partial charge in [0.05, 0.1) is 24.9 Å². The van der Waals surface area contributed by atoms with Crippen molar-refractivity contribution in [2.45, 2.75) is 278 Å². The third-order valence-corrected chi connectivity index (χ3v) is 19.6. The smallest absolute Gasteiger partial charge is 0.322 e. The van der Waals surface area contributed by atoms with Gasteiger partial charge in [0.2, 0.25) is 88.6 Å². The molecule has 0 bridgehead atoms. The van der Waals surface area contributed by atoms with Crippen LogP contribution < -0.4 is 115 Å². The number of carbonyl (C=O) groups is 16. The molecule has 1 heterocycles. The highest BCUT2D eigenvalue weighted by Gasteiger charge is 2.40. The molecule has 680 valence electrons. The topological polar surface area (TPSA) is 718 Å². The van der Waals surface area contributed by atoms with Crippen LogP contribution in [0.15, 0.2) is 22.5 Å². The molecule has 0 radical (unpaired) electrons. The number of guanidine groups is 2. The molecule has 0 saturated carbocycles. The summed E-state index contributed by atoms with van der Waals surface area (Å²) in [5.74, 6) is -17.6. The fraction of sp³-hybridized carbons (Fsp3) is 0.724. The number of carboxylic acid groups (broad SMARTS) is 1. The Hall–Kier alpha value is -10.5. The van der Waals surface area contributed by atoms with Crippen LogP contribution in [0, 0.1) is 35.5 Å². The van der Waals surface area contributed by atoms with E-state index < -0.39 is 210 Å². The molecule has 0 spiro atoms. The summed E-state index contributed by atoms with van der Waals surface area (Å²) in [4.78, 5) is 237. The number of nitrogens with two attached hydrogens (primary N) is 7. The maximum absolute atomic E-state index is 14.8. The van der Waals surface area contributed by atoms with Crippen molar-refractivity contribution in [1.82, 2.24) is 84.4 Å². The number of aliphatic carboxylic acids is 1. The lowest BCUT2D eigenvalue weighted by atomic mass is 9.95. The summed E-state index contributed by atoms with van der Waals surface area (Å²) in [6.45, 7) is 22.4. The number of hydrogen-bond acceptors (Lipinski definition) is 23. The van der Waals surface area contributed by atoms with E-state index in [4.69, 9.17) is 45.2 Å². The summed E-state index contributed by atoms with van der Waals surface area (Å²) in [6, 6.07) is -20.0. The Labute approximate surface area is 706 Å². The highest BCUT2D eigenvalue weighted by Crippen LogP contribution is 2.17. The van der Waals surface area contributed by atoms with Gasteiger partial charge in [0.25, 0.3) is 0 Å². The number of nitrogens with one attached hydrogen (secondary N) is 15. The van der Waals surface area contributed by atoms with Crippen LogP contribution in [0.25, 0.3) is 0 Å². The average molecular weight is 1720 g/mol. The second-order valence-electron chi connectivity index (χ2n) is 31.8. The number of hydrogen-bond donors (Lipinski definition) is 24. The number of primary amides is 1. The van der Waals surface area contributed by atoms with Gasteiger partial charge in [-0.25, -0.2) is 4.98 Å². The van der Waals surface area contributed by atoms with Crippen LogP contribution in [0.1, 0.15) is 186 Å². The average Bonchev–Trinajstić information content (AvgIpc) is 1.11. The molecule has 15 amide bonds. The minimum atomic E-state index is -1.87. The molecule has 0 aliphatic heterocycles. The molecular weight excluding hydrogens is 1580 g/mol. The number of aliphatic imine (C=N–C) groups is 2. The highest BCUT2D eigenvalue weighted by molar-refractivity contribution is 7.98. The number of nitrogens with zero attached hydrogens (tertiary/aromatic N) is 3. The number of aromatic amines is 1. The van der Waals surface area contributed by atoms with Gasteiger partial charge in [0, 0.05) is 31.4 Å². The predicted octanol–water partition coefficient (Wildman–Crippen LogP) is -5.46. The van der Waals surface area contributed by atoms with E-state index in [0.29, 0.717) is 12.2 Å². The molecular formula is C76H137N25O18S. The van der Waals surface area contributed by atoms with E-state index in [9.17, 15) is 81.8 Å². The van der Waals surface area contributed by atoms with E-state index in [-0.39, 0.29) is 138 Å². The van der Waals surface area contributed by atoms with E-state index in [1.54, 1.807) is 61.6 Å². The molecule has 16 atom stereocenters. The summed E-state index contributed by atoms with van der Waals surface area (Å²) in [5.41, 5.74) is 40.2. The maximum atomic E-state index is 14.8. The molecule has 0 fully saturated rings. The molecule has 0 aliphatic rings. The number of aromatic nitrogens is 2. The molecule has 120 heavy (non-hydrogen) atoms. The van der Waals surface area contributed by atoms with Gasteiger partial charge < -0.3 is 130 Å². The second kappa shape index (κ2) is 56.1. The molecule has 1 rings (SSSR count). The predicted molar refractivity (Wildman–Crippen MR) is 450 cm³/mol. The number of aliphatic hydroxyl groups excluding tert-OH is 1. The Kier molecular flexibility index (Phi) is 50.3. The van der Waals surface area contributed by atoms with E-state index in [0.717, 1.165) is 6.92 Å². The Bertz CT molecular complexity index is 3560. The van der Waals surface area contributed by atoms with Gasteiger partial charge in [-0.05, 0) is 139 Å². The molecule has 44 heteroatoms. The van der Waals surface area contributed by atoms with Crippen molar-refractivity contribution in [1.29, 1.82) is 0 Å². The number of aliphatic hydroxyl groups is 1. The number of rotatable bonds is 59. The zero-order valence-corrected chi connectivity index (χ0v) is 72.7. The first kappa shape index (κ1) is 108. The minimum absolute atomic E-state index is 0.00284. The van der Waals surface area contributed by atoms with Crippen molar-refractivity contribution in [2.75, 3.05) is 38.2 Å². The molecule has 0 aliphatic carbocycles. The fourth-order valence-corrected chi connectivity index (χ4v) is 12.4. The van der Waals surface area contributed by atoms with Crippen LogP contribution in [0.3, 0.4) is 0 Å². The molecule has 1 aromatic rings. The zero-order valence-electron chi connectivity index (χ0n) is 71.9. The van der Waals surface area contributed by atoms with Gasteiger partial charge in [-0.1, -0.05) is 89.5 Å². The molecule has 0 saturated heterocycles. The summed E-state index contributed by atoms with van der Waals surface area (Å²) in [6.07, 6.45) is 2.29. The van der Waals surface area contributed by atoms with Gasteiger partial charge in [-0.3, -0.25) is 86.7 Å². The van der Waals surface area contributed by atoms with E-state index in [1.165, 1.54) is 45.1 Å². The standard InChI is InChI=1S/C76H137N25O18S/c1-16-42(12)59(73(118)97-52(31-39(6)7)68(113)94-50(29-37(2)3)66(111)89-43(13)61(106)90-49(24-28-120-15)62(107)87-35-56(104)105)100-70(115)54(33-55(78)103)98-72(117)58(41(10)11)99-69(114)53(32-45-34-84-36-88-45)95-64(109)48(23-20-27-86-76(82)83)93-74(119)60(44(14)102)101-65(110)46(21-17-18-25-77)91-63(108)47(22-19-26-85-75(80)81)92-67(112)51(30-38(4)5)96-71(116)57(79)40(8)9/h34,36-44,46-54,57-60,102H,16-33,35,77,79H2,1-15H3,(H2,78,103)(H,84,88)(H,87,107)(H,89,111)(H,90,106)(H,91,108)(H,92,112)(H,93,119)(H,94,113)(H,95,109)(H,96,116)(H,97,118)(H,98,117)(H,99,114)(H,100,115)(H,101,110)(H,104,105)(H4,80,81,85)(H4,82,83,86)/t42-,43-,44+,46-,47-,48-,49-,50-,51-,52-,53-,54-,57-,58-,59-,60-/m0/s1.